The summed E-state index contributed by atoms with van der Waals surface area (Å²) in [6, 6.07) is 5.13. The van der Waals surface area contributed by atoms with Gasteiger partial charge in [0.05, 0.1) is 23.7 Å². The van der Waals surface area contributed by atoms with Crippen molar-refractivity contribution in [1.29, 1.82) is 0 Å². The molecule has 0 saturated carbocycles. The summed E-state index contributed by atoms with van der Waals surface area (Å²) in [6.45, 7) is 3.66. The number of halogens is 1. The van der Waals surface area contributed by atoms with E-state index in [4.69, 9.17) is 16.3 Å². The van der Waals surface area contributed by atoms with Gasteiger partial charge in [0, 0.05) is 24.8 Å². The fraction of sp³-hybridized carbons (Fsp3) is 0.500. The monoisotopic (exact) mass is 363 g/mol. The van der Waals surface area contributed by atoms with E-state index in [1.165, 1.54) is 4.40 Å². The van der Waals surface area contributed by atoms with Crippen molar-refractivity contribution in [3.05, 3.63) is 45.5 Å². The van der Waals surface area contributed by atoms with Crippen LogP contribution in [0.1, 0.15) is 38.3 Å². The highest BCUT2D eigenvalue weighted by atomic mass is 35.5. The summed E-state index contributed by atoms with van der Waals surface area (Å²) < 4.78 is 6.53. The van der Waals surface area contributed by atoms with Gasteiger partial charge in [0.15, 0.2) is 0 Å². The number of likely N-dealkylation sites (tertiary alicyclic amines) is 1. The Balaban J connectivity index is 1.79. The first-order valence-corrected chi connectivity index (χ1v) is 9.02. The minimum Gasteiger partial charge on any atom is -0.466 e. The standard InChI is InChI=1S/C18H22ClN3O3/c1-2-25-18(24)10-15-5-3-4-8-21(15)12-14-9-17(23)22-11-13(19)6-7-16(22)20-14/h6-7,9,11,15H,2-5,8,10,12H2,1H3/t15-/m1/s1. The highest BCUT2D eigenvalue weighted by molar-refractivity contribution is 6.30. The number of hydrogen-bond acceptors (Lipinski definition) is 5. The van der Waals surface area contributed by atoms with Crippen molar-refractivity contribution in [1.82, 2.24) is 14.3 Å². The van der Waals surface area contributed by atoms with Gasteiger partial charge in [0.25, 0.3) is 5.56 Å². The van der Waals surface area contributed by atoms with Crippen molar-refractivity contribution in [3.8, 4) is 0 Å². The van der Waals surface area contributed by atoms with Crippen LogP contribution >= 0.6 is 11.6 Å². The Labute approximate surface area is 151 Å². The molecule has 134 valence electrons. The Hall–Kier alpha value is -1.92. The predicted molar refractivity (Wildman–Crippen MR) is 95.8 cm³/mol. The van der Waals surface area contributed by atoms with Crippen LogP contribution in [0, 0.1) is 0 Å². The van der Waals surface area contributed by atoms with Crippen LogP contribution in [0.15, 0.2) is 29.2 Å². The summed E-state index contributed by atoms with van der Waals surface area (Å²) in [4.78, 5) is 30.9. The average Bonchev–Trinajstić information content (AvgIpc) is 2.58. The van der Waals surface area contributed by atoms with Gasteiger partial charge in [-0.2, -0.15) is 0 Å². The zero-order chi connectivity index (χ0) is 17.8. The Morgan fingerprint density at radius 1 is 1.40 bits per heavy atom. The van der Waals surface area contributed by atoms with E-state index in [0.29, 0.717) is 35.9 Å². The number of pyridine rings is 1. The van der Waals surface area contributed by atoms with Crippen molar-refractivity contribution in [3.63, 3.8) is 0 Å². The maximum Gasteiger partial charge on any atom is 0.307 e. The quantitative estimate of drug-likeness (QED) is 0.764. The third-order valence-corrected chi connectivity index (χ3v) is 4.72. The Bertz CT molecular complexity index is 821. The maximum atomic E-state index is 12.3. The van der Waals surface area contributed by atoms with E-state index in [1.807, 2.05) is 6.92 Å². The molecule has 0 radical (unpaired) electrons. The van der Waals surface area contributed by atoms with Gasteiger partial charge in [0.1, 0.15) is 5.65 Å². The number of esters is 1. The fourth-order valence-corrected chi connectivity index (χ4v) is 3.49. The van der Waals surface area contributed by atoms with Gasteiger partial charge < -0.3 is 4.74 Å². The zero-order valence-corrected chi connectivity index (χ0v) is 15.0. The van der Waals surface area contributed by atoms with Crippen LogP contribution in [-0.2, 0) is 16.1 Å². The molecule has 0 unspecified atom stereocenters. The van der Waals surface area contributed by atoms with Crippen molar-refractivity contribution in [2.24, 2.45) is 0 Å². The first-order valence-electron chi connectivity index (χ1n) is 8.64. The highest BCUT2D eigenvalue weighted by Gasteiger charge is 2.25. The fourth-order valence-electron chi connectivity index (χ4n) is 3.33. The lowest BCUT2D eigenvalue weighted by atomic mass is 9.99. The molecule has 0 bridgehead atoms. The molecule has 25 heavy (non-hydrogen) atoms. The lowest BCUT2D eigenvalue weighted by Gasteiger charge is -2.34. The first kappa shape index (κ1) is 17.9. The number of aromatic nitrogens is 2. The SMILES string of the molecule is CCOC(=O)C[C@H]1CCCCN1Cc1cc(=O)n2cc(Cl)ccc2n1. The van der Waals surface area contributed by atoms with Crippen LogP contribution in [0.25, 0.3) is 5.65 Å². The van der Waals surface area contributed by atoms with Gasteiger partial charge in [-0.1, -0.05) is 18.0 Å². The van der Waals surface area contributed by atoms with E-state index in [2.05, 4.69) is 9.88 Å². The van der Waals surface area contributed by atoms with Crippen molar-refractivity contribution < 1.29 is 9.53 Å². The average molecular weight is 364 g/mol. The van der Waals surface area contributed by atoms with E-state index >= 15 is 0 Å². The molecule has 7 heteroatoms. The predicted octanol–water partition coefficient (Wildman–Crippen LogP) is 2.66. The molecule has 3 heterocycles. The summed E-state index contributed by atoms with van der Waals surface area (Å²) in [5, 5.41) is 0.495. The Morgan fingerprint density at radius 3 is 3.04 bits per heavy atom. The molecule has 0 spiro atoms. The number of piperidine rings is 1. The largest absolute Gasteiger partial charge is 0.466 e. The van der Waals surface area contributed by atoms with Crippen LogP contribution in [0.2, 0.25) is 5.02 Å². The number of carbonyl (C=O) groups is 1. The molecule has 0 aromatic carbocycles. The van der Waals surface area contributed by atoms with E-state index in [0.717, 1.165) is 25.8 Å². The van der Waals surface area contributed by atoms with Crippen molar-refractivity contribution >= 4 is 23.2 Å². The summed E-state index contributed by atoms with van der Waals surface area (Å²) in [6.07, 6.45) is 5.10. The molecule has 1 saturated heterocycles. The van der Waals surface area contributed by atoms with Crippen LogP contribution < -0.4 is 5.56 Å². The van der Waals surface area contributed by atoms with E-state index in [1.54, 1.807) is 24.4 Å². The van der Waals surface area contributed by atoms with Gasteiger partial charge >= 0.3 is 5.97 Å². The van der Waals surface area contributed by atoms with Gasteiger partial charge in [0.2, 0.25) is 0 Å². The van der Waals surface area contributed by atoms with E-state index in [-0.39, 0.29) is 17.6 Å². The normalized spacial score (nSPS) is 18.4. The van der Waals surface area contributed by atoms with Crippen molar-refractivity contribution in [2.45, 2.75) is 45.2 Å². The number of hydrogen-bond donors (Lipinski definition) is 0. The summed E-state index contributed by atoms with van der Waals surface area (Å²) >= 11 is 5.94. The third-order valence-electron chi connectivity index (χ3n) is 4.50. The lowest BCUT2D eigenvalue weighted by molar-refractivity contribution is -0.145. The Kier molecular flexibility index (Phi) is 5.71. The molecular weight excluding hydrogens is 342 g/mol. The third kappa shape index (κ3) is 4.38. The van der Waals surface area contributed by atoms with E-state index in [9.17, 15) is 9.59 Å². The topological polar surface area (TPSA) is 63.9 Å². The molecule has 1 atom stereocenters. The highest BCUT2D eigenvalue weighted by Crippen LogP contribution is 2.22. The molecule has 2 aromatic rings. The summed E-state index contributed by atoms with van der Waals surface area (Å²) in [5.41, 5.74) is 1.13. The van der Waals surface area contributed by atoms with Gasteiger partial charge in [-0.25, -0.2) is 4.98 Å². The van der Waals surface area contributed by atoms with Crippen LogP contribution in [-0.4, -0.2) is 39.4 Å². The minimum absolute atomic E-state index is 0.137. The second-order valence-electron chi connectivity index (χ2n) is 6.29. The smallest absolute Gasteiger partial charge is 0.307 e. The van der Waals surface area contributed by atoms with Gasteiger partial charge in [-0.15, -0.1) is 0 Å². The number of ether oxygens (including phenoxy) is 1. The zero-order valence-electron chi connectivity index (χ0n) is 14.3. The van der Waals surface area contributed by atoms with Gasteiger partial charge in [-0.05, 0) is 38.4 Å². The number of nitrogens with zero attached hydrogens (tertiary/aromatic N) is 3. The molecule has 3 rings (SSSR count). The van der Waals surface area contributed by atoms with Crippen LogP contribution in [0.5, 0.6) is 0 Å². The molecule has 6 nitrogen and oxygen atoms in total. The summed E-state index contributed by atoms with van der Waals surface area (Å²) in [7, 11) is 0. The second-order valence-corrected chi connectivity index (χ2v) is 6.73. The lowest BCUT2D eigenvalue weighted by Crippen LogP contribution is -2.41. The number of fused-ring (bicyclic) bond motifs is 1. The van der Waals surface area contributed by atoms with Gasteiger partial charge in [-0.3, -0.25) is 18.9 Å². The molecule has 1 aliphatic heterocycles. The van der Waals surface area contributed by atoms with Crippen LogP contribution in [0.4, 0.5) is 0 Å². The molecule has 1 aliphatic rings. The molecule has 0 amide bonds. The molecule has 1 fully saturated rings. The minimum atomic E-state index is -0.166. The van der Waals surface area contributed by atoms with Crippen molar-refractivity contribution in [2.75, 3.05) is 13.2 Å². The number of rotatable bonds is 5. The molecule has 0 N–H and O–H groups in total. The molecule has 2 aromatic heterocycles. The molecule has 0 aliphatic carbocycles. The number of carbonyl (C=O) groups excluding carboxylic acids is 1. The van der Waals surface area contributed by atoms with E-state index < -0.39 is 0 Å². The maximum absolute atomic E-state index is 12.3. The first-order chi connectivity index (χ1) is 12.1. The molecular formula is C18H22ClN3O3. The Morgan fingerprint density at radius 2 is 2.24 bits per heavy atom. The summed E-state index contributed by atoms with van der Waals surface area (Å²) in [5.74, 6) is -0.166. The second kappa shape index (κ2) is 7.97. The van der Waals surface area contributed by atoms with Crippen LogP contribution in [0.3, 0.4) is 0 Å².